The Morgan fingerprint density at radius 3 is 2.00 bits per heavy atom. The maximum absolute atomic E-state index is 5.79. The summed E-state index contributed by atoms with van der Waals surface area (Å²) in [6, 6.07) is 6.36. The second kappa shape index (κ2) is 4.47. The van der Waals surface area contributed by atoms with Crippen molar-refractivity contribution in [3.63, 3.8) is 0 Å². The molecule has 0 saturated carbocycles. The quantitative estimate of drug-likeness (QED) is 0.838. The molecule has 0 amide bonds. The van der Waals surface area contributed by atoms with Crippen LogP contribution in [0, 0.1) is 10.8 Å². The maximum Gasteiger partial charge on any atom is 0.124 e. The SMILES string of the molecule is COc1ccc(C2OCC2(C)C)cc1C1OCC1(C)C. The highest BCUT2D eigenvalue weighted by molar-refractivity contribution is 5.42. The fraction of sp³-hybridized carbons (Fsp3) is 0.647. The third-order valence-corrected chi connectivity index (χ3v) is 4.50. The highest BCUT2D eigenvalue weighted by Gasteiger charge is 2.44. The Balaban J connectivity index is 1.96. The molecule has 0 radical (unpaired) electrons. The van der Waals surface area contributed by atoms with Gasteiger partial charge in [-0.2, -0.15) is 0 Å². The van der Waals surface area contributed by atoms with Crippen molar-refractivity contribution in [1.29, 1.82) is 0 Å². The molecule has 0 N–H and O–H groups in total. The van der Waals surface area contributed by atoms with E-state index < -0.39 is 0 Å². The summed E-state index contributed by atoms with van der Waals surface area (Å²) in [7, 11) is 1.72. The van der Waals surface area contributed by atoms with Crippen LogP contribution >= 0.6 is 0 Å². The van der Waals surface area contributed by atoms with E-state index in [9.17, 15) is 0 Å². The van der Waals surface area contributed by atoms with E-state index in [0.29, 0.717) is 0 Å². The van der Waals surface area contributed by atoms with Gasteiger partial charge in [0.15, 0.2) is 0 Å². The molecule has 2 unspecified atom stereocenters. The minimum absolute atomic E-state index is 0.112. The Bertz CT molecular complexity index is 519. The van der Waals surface area contributed by atoms with Gasteiger partial charge in [0.2, 0.25) is 0 Å². The van der Waals surface area contributed by atoms with Crippen LogP contribution in [-0.2, 0) is 9.47 Å². The van der Waals surface area contributed by atoms with Crippen molar-refractivity contribution in [3.8, 4) is 5.75 Å². The maximum atomic E-state index is 5.79. The zero-order valence-corrected chi connectivity index (χ0v) is 13.0. The molecule has 2 heterocycles. The molecule has 3 rings (SSSR count). The predicted octanol–water partition coefficient (Wildman–Crippen LogP) is 3.89. The lowest BCUT2D eigenvalue weighted by atomic mass is 9.75. The van der Waals surface area contributed by atoms with Crippen LogP contribution in [0.15, 0.2) is 18.2 Å². The van der Waals surface area contributed by atoms with E-state index in [2.05, 4.69) is 39.8 Å². The molecule has 1 aromatic rings. The number of hydrogen-bond donors (Lipinski definition) is 0. The van der Waals surface area contributed by atoms with Crippen LogP contribution in [0.4, 0.5) is 0 Å². The number of rotatable bonds is 3. The average molecular weight is 276 g/mol. The third-order valence-electron chi connectivity index (χ3n) is 4.50. The fourth-order valence-corrected chi connectivity index (χ4v) is 3.18. The average Bonchev–Trinajstić information content (AvgIpc) is 2.37. The highest BCUT2D eigenvalue weighted by Crippen LogP contribution is 2.51. The van der Waals surface area contributed by atoms with E-state index in [0.717, 1.165) is 24.5 Å². The molecule has 2 fully saturated rings. The zero-order valence-electron chi connectivity index (χ0n) is 13.0. The first-order valence-electron chi connectivity index (χ1n) is 7.26. The van der Waals surface area contributed by atoms with Gasteiger partial charge in [0.25, 0.3) is 0 Å². The van der Waals surface area contributed by atoms with Gasteiger partial charge in [-0.1, -0.05) is 33.8 Å². The van der Waals surface area contributed by atoms with Crippen molar-refractivity contribution < 1.29 is 14.2 Å². The molecular formula is C17H24O3. The number of benzene rings is 1. The molecule has 0 aromatic heterocycles. The van der Waals surface area contributed by atoms with Gasteiger partial charge in [-0.25, -0.2) is 0 Å². The van der Waals surface area contributed by atoms with Crippen LogP contribution < -0.4 is 4.74 Å². The van der Waals surface area contributed by atoms with Crippen molar-refractivity contribution >= 4 is 0 Å². The molecule has 1 aromatic carbocycles. The van der Waals surface area contributed by atoms with Gasteiger partial charge in [0.1, 0.15) is 5.75 Å². The Morgan fingerprint density at radius 1 is 1.00 bits per heavy atom. The van der Waals surface area contributed by atoms with Crippen LogP contribution in [0.5, 0.6) is 5.75 Å². The van der Waals surface area contributed by atoms with Crippen LogP contribution in [0.25, 0.3) is 0 Å². The minimum atomic E-state index is 0.112. The molecule has 2 aliphatic rings. The first kappa shape index (κ1) is 13.9. The number of ether oxygens (including phenoxy) is 3. The van der Waals surface area contributed by atoms with Crippen LogP contribution in [0.3, 0.4) is 0 Å². The molecule has 20 heavy (non-hydrogen) atoms. The largest absolute Gasteiger partial charge is 0.496 e. The molecule has 2 aliphatic heterocycles. The number of hydrogen-bond acceptors (Lipinski definition) is 3. The molecule has 0 aliphatic carbocycles. The van der Waals surface area contributed by atoms with E-state index in [1.807, 2.05) is 6.07 Å². The summed E-state index contributed by atoms with van der Waals surface area (Å²) in [6.45, 7) is 10.6. The van der Waals surface area contributed by atoms with Crippen molar-refractivity contribution in [2.45, 2.75) is 39.9 Å². The van der Waals surface area contributed by atoms with Gasteiger partial charge in [-0.3, -0.25) is 0 Å². The summed E-state index contributed by atoms with van der Waals surface area (Å²) in [5, 5.41) is 0. The van der Waals surface area contributed by atoms with Crippen LogP contribution in [0.2, 0.25) is 0 Å². The van der Waals surface area contributed by atoms with E-state index in [4.69, 9.17) is 14.2 Å². The van der Waals surface area contributed by atoms with Gasteiger partial charge >= 0.3 is 0 Å². The summed E-state index contributed by atoms with van der Waals surface area (Å²) >= 11 is 0. The fourth-order valence-electron chi connectivity index (χ4n) is 3.18. The van der Waals surface area contributed by atoms with Gasteiger partial charge in [-0.15, -0.1) is 0 Å². The summed E-state index contributed by atoms with van der Waals surface area (Å²) in [6.07, 6.45) is 0.288. The van der Waals surface area contributed by atoms with E-state index in [1.54, 1.807) is 7.11 Å². The minimum Gasteiger partial charge on any atom is -0.496 e. The van der Waals surface area contributed by atoms with E-state index in [-0.39, 0.29) is 23.0 Å². The predicted molar refractivity (Wildman–Crippen MR) is 77.9 cm³/mol. The Morgan fingerprint density at radius 2 is 1.60 bits per heavy atom. The Labute approximate surface area is 121 Å². The lowest BCUT2D eigenvalue weighted by Gasteiger charge is -2.46. The van der Waals surface area contributed by atoms with E-state index in [1.165, 1.54) is 5.56 Å². The topological polar surface area (TPSA) is 27.7 Å². The molecule has 2 saturated heterocycles. The molecular weight excluding hydrogens is 252 g/mol. The van der Waals surface area contributed by atoms with Crippen LogP contribution in [0.1, 0.15) is 51.0 Å². The Kier molecular flexibility index (Phi) is 3.11. The van der Waals surface area contributed by atoms with Crippen LogP contribution in [-0.4, -0.2) is 20.3 Å². The molecule has 3 heteroatoms. The summed E-state index contributed by atoms with van der Waals surface area (Å²) < 4.78 is 17.1. The molecule has 3 nitrogen and oxygen atoms in total. The summed E-state index contributed by atoms with van der Waals surface area (Å²) in [5.74, 6) is 0.906. The third kappa shape index (κ3) is 2.04. The lowest BCUT2D eigenvalue weighted by molar-refractivity contribution is -0.175. The first-order chi connectivity index (χ1) is 9.35. The number of methoxy groups -OCH3 is 1. The van der Waals surface area contributed by atoms with Gasteiger partial charge in [0.05, 0.1) is 32.5 Å². The highest BCUT2D eigenvalue weighted by atomic mass is 16.5. The monoisotopic (exact) mass is 276 g/mol. The molecule has 0 spiro atoms. The molecule has 110 valence electrons. The van der Waals surface area contributed by atoms with Crippen molar-refractivity contribution in [1.82, 2.24) is 0 Å². The molecule has 0 bridgehead atoms. The smallest absolute Gasteiger partial charge is 0.124 e. The lowest BCUT2D eigenvalue weighted by Crippen LogP contribution is -2.42. The van der Waals surface area contributed by atoms with Crippen molar-refractivity contribution in [3.05, 3.63) is 29.3 Å². The van der Waals surface area contributed by atoms with Crippen molar-refractivity contribution in [2.75, 3.05) is 20.3 Å². The van der Waals surface area contributed by atoms with Crippen molar-refractivity contribution in [2.24, 2.45) is 10.8 Å². The summed E-state index contributed by atoms with van der Waals surface area (Å²) in [4.78, 5) is 0. The van der Waals surface area contributed by atoms with Gasteiger partial charge < -0.3 is 14.2 Å². The standard InChI is InChI=1S/C17H24O3/c1-16(2)9-19-14(16)11-6-7-13(18-5)12(8-11)15-17(3,4)10-20-15/h6-8,14-15H,9-10H2,1-5H3. The zero-order chi connectivity index (χ0) is 14.5. The normalized spacial score (nSPS) is 30.2. The van der Waals surface area contributed by atoms with Gasteiger partial charge in [-0.05, 0) is 17.7 Å². The second-order valence-corrected chi connectivity index (χ2v) is 7.36. The summed E-state index contributed by atoms with van der Waals surface area (Å²) in [5.41, 5.74) is 2.75. The second-order valence-electron chi connectivity index (χ2n) is 7.36. The molecule has 2 atom stereocenters. The van der Waals surface area contributed by atoms with E-state index >= 15 is 0 Å². The van der Waals surface area contributed by atoms with Gasteiger partial charge in [0, 0.05) is 16.4 Å². The first-order valence-corrected chi connectivity index (χ1v) is 7.26. The Hall–Kier alpha value is -1.06.